The average Bonchev–Trinajstić information content (AvgIpc) is 3.11. The second-order valence-corrected chi connectivity index (χ2v) is 7.61. The van der Waals surface area contributed by atoms with Gasteiger partial charge in [0.25, 0.3) is 0 Å². The molecule has 172 valence electrons. The lowest BCUT2D eigenvalue weighted by atomic mass is 9.98. The van der Waals surface area contributed by atoms with Gasteiger partial charge >= 0.3 is 6.18 Å². The van der Waals surface area contributed by atoms with E-state index in [-0.39, 0.29) is 29.9 Å². The predicted molar refractivity (Wildman–Crippen MR) is 126 cm³/mol. The van der Waals surface area contributed by atoms with Crippen LogP contribution in [0.3, 0.4) is 0 Å². The van der Waals surface area contributed by atoms with Crippen molar-refractivity contribution in [2.75, 3.05) is 46.4 Å². The molecule has 1 fully saturated rings. The maximum Gasteiger partial charge on any atom is 0.401 e. The number of hydrogen-bond acceptors (Lipinski definition) is 3. The quantitative estimate of drug-likeness (QED) is 0.279. The average molecular weight is 542 g/mol. The van der Waals surface area contributed by atoms with Gasteiger partial charge in [0.2, 0.25) is 0 Å². The molecule has 2 rings (SSSR count). The molecular weight excluding hydrogens is 508 g/mol. The van der Waals surface area contributed by atoms with Crippen molar-refractivity contribution in [2.24, 2.45) is 10.9 Å². The molecule has 0 amide bonds. The summed E-state index contributed by atoms with van der Waals surface area (Å²) in [6, 6.07) is 8.09. The van der Waals surface area contributed by atoms with E-state index in [1.54, 1.807) is 7.11 Å². The molecule has 1 heterocycles. The molecule has 1 aromatic carbocycles. The number of ether oxygens (including phenoxy) is 1. The number of halogens is 4. The van der Waals surface area contributed by atoms with Crippen LogP contribution in [-0.2, 0) is 0 Å². The van der Waals surface area contributed by atoms with Crippen molar-refractivity contribution in [1.82, 2.24) is 15.5 Å². The minimum absolute atomic E-state index is 0. The van der Waals surface area contributed by atoms with Crippen LogP contribution in [0, 0.1) is 5.92 Å². The number of benzene rings is 1. The van der Waals surface area contributed by atoms with Crippen LogP contribution < -0.4 is 15.4 Å². The van der Waals surface area contributed by atoms with E-state index in [2.05, 4.69) is 34.7 Å². The van der Waals surface area contributed by atoms with Gasteiger partial charge in [-0.15, -0.1) is 24.0 Å². The first-order chi connectivity index (χ1) is 13.8. The third-order valence-corrected chi connectivity index (χ3v) is 5.18. The number of methoxy groups -OCH3 is 1. The van der Waals surface area contributed by atoms with Crippen LogP contribution in [0.5, 0.6) is 5.75 Å². The SMILES string of the molecule is CCNC(=NCC1CCN(CC(F)(F)F)C1)NCCC(C)c1ccc(OC)cc1.I. The van der Waals surface area contributed by atoms with E-state index >= 15 is 0 Å². The smallest absolute Gasteiger partial charge is 0.401 e. The highest BCUT2D eigenvalue weighted by Crippen LogP contribution is 2.23. The lowest BCUT2D eigenvalue weighted by Gasteiger charge is -2.18. The summed E-state index contributed by atoms with van der Waals surface area (Å²) in [6.07, 6.45) is -2.43. The van der Waals surface area contributed by atoms with Gasteiger partial charge < -0.3 is 15.4 Å². The van der Waals surface area contributed by atoms with Crippen LogP contribution in [0.25, 0.3) is 0 Å². The van der Waals surface area contributed by atoms with Crippen molar-refractivity contribution in [3.8, 4) is 5.75 Å². The number of nitrogens with zero attached hydrogens (tertiary/aromatic N) is 2. The number of likely N-dealkylation sites (tertiary alicyclic amines) is 1. The standard InChI is InChI=1S/C21H33F3N4O.HI/c1-4-25-20(27-13-17-10-12-28(14-17)15-21(22,23)24)26-11-9-16(2)18-5-7-19(29-3)8-6-18;/h5-8,16-17H,4,9-15H2,1-3H3,(H2,25,26,27);1H. The Hall–Kier alpha value is -1.23. The minimum Gasteiger partial charge on any atom is -0.497 e. The summed E-state index contributed by atoms with van der Waals surface area (Å²) in [5.41, 5.74) is 1.25. The fourth-order valence-corrected chi connectivity index (χ4v) is 3.53. The van der Waals surface area contributed by atoms with Gasteiger partial charge in [0.15, 0.2) is 5.96 Å². The molecule has 2 N–H and O–H groups in total. The molecule has 9 heteroatoms. The normalized spacial score (nSPS) is 18.6. The van der Waals surface area contributed by atoms with Gasteiger partial charge in [0.05, 0.1) is 13.7 Å². The van der Waals surface area contributed by atoms with Crippen molar-refractivity contribution < 1.29 is 17.9 Å². The lowest BCUT2D eigenvalue weighted by Crippen LogP contribution is -2.38. The van der Waals surface area contributed by atoms with Crippen molar-refractivity contribution in [1.29, 1.82) is 0 Å². The zero-order valence-corrected chi connectivity index (χ0v) is 20.3. The topological polar surface area (TPSA) is 48.9 Å². The number of nitrogens with one attached hydrogen (secondary N) is 2. The zero-order valence-electron chi connectivity index (χ0n) is 18.0. The molecule has 2 unspecified atom stereocenters. The predicted octanol–water partition coefficient (Wildman–Crippen LogP) is 4.25. The Morgan fingerprint density at radius 3 is 2.57 bits per heavy atom. The molecule has 1 aromatic rings. The monoisotopic (exact) mass is 542 g/mol. The largest absolute Gasteiger partial charge is 0.497 e. The summed E-state index contributed by atoms with van der Waals surface area (Å²) in [5.74, 6) is 2.14. The van der Waals surface area contributed by atoms with Crippen LogP contribution in [-0.4, -0.2) is 63.4 Å². The summed E-state index contributed by atoms with van der Waals surface area (Å²) >= 11 is 0. The Labute approximate surface area is 194 Å². The van der Waals surface area contributed by atoms with Gasteiger partial charge in [0, 0.05) is 26.2 Å². The van der Waals surface area contributed by atoms with Gasteiger partial charge in [-0.25, -0.2) is 0 Å². The maximum absolute atomic E-state index is 12.5. The van der Waals surface area contributed by atoms with E-state index in [1.165, 1.54) is 10.5 Å². The summed E-state index contributed by atoms with van der Waals surface area (Å²) < 4.78 is 42.7. The second kappa shape index (κ2) is 13.2. The van der Waals surface area contributed by atoms with Crippen LogP contribution >= 0.6 is 24.0 Å². The molecule has 0 bridgehead atoms. The highest BCUT2D eigenvalue weighted by molar-refractivity contribution is 14.0. The molecule has 0 aromatic heterocycles. The van der Waals surface area contributed by atoms with Crippen molar-refractivity contribution in [2.45, 2.75) is 38.8 Å². The molecule has 1 aliphatic heterocycles. The molecule has 1 saturated heterocycles. The number of rotatable bonds is 9. The fourth-order valence-electron chi connectivity index (χ4n) is 3.53. The van der Waals surface area contributed by atoms with Crippen molar-refractivity contribution >= 4 is 29.9 Å². The Morgan fingerprint density at radius 2 is 1.97 bits per heavy atom. The van der Waals surface area contributed by atoms with Gasteiger partial charge in [-0.2, -0.15) is 13.2 Å². The number of hydrogen-bond donors (Lipinski definition) is 2. The Kier molecular flexibility index (Phi) is 11.8. The summed E-state index contributed by atoms with van der Waals surface area (Å²) in [6.45, 7) is 6.35. The highest BCUT2D eigenvalue weighted by Gasteiger charge is 2.34. The van der Waals surface area contributed by atoms with Gasteiger partial charge in [-0.1, -0.05) is 19.1 Å². The van der Waals surface area contributed by atoms with Gasteiger partial charge in [0.1, 0.15) is 5.75 Å². The van der Waals surface area contributed by atoms with Gasteiger partial charge in [-0.3, -0.25) is 9.89 Å². The van der Waals surface area contributed by atoms with Crippen molar-refractivity contribution in [3.63, 3.8) is 0 Å². The number of alkyl halides is 3. The molecule has 0 saturated carbocycles. The van der Waals surface area contributed by atoms with Gasteiger partial charge in [-0.05, 0) is 55.8 Å². The molecule has 5 nitrogen and oxygen atoms in total. The number of guanidine groups is 1. The summed E-state index contributed by atoms with van der Waals surface area (Å²) in [5, 5.41) is 6.55. The van der Waals surface area contributed by atoms with Crippen molar-refractivity contribution in [3.05, 3.63) is 29.8 Å². The molecule has 1 aliphatic rings. The zero-order chi connectivity index (χ0) is 21.3. The third-order valence-electron chi connectivity index (χ3n) is 5.18. The fraction of sp³-hybridized carbons (Fsp3) is 0.667. The maximum atomic E-state index is 12.5. The molecule has 30 heavy (non-hydrogen) atoms. The molecule has 0 spiro atoms. The van der Waals surface area contributed by atoms with E-state index in [0.29, 0.717) is 25.6 Å². The molecule has 2 atom stereocenters. The van der Waals surface area contributed by atoms with Crippen LogP contribution in [0.1, 0.15) is 38.2 Å². The first kappa shape index (κ1) is 26.8. The first-order valence-corrected chi connectivity index (χ1v) is 10.3. The molecule has 0 aliphatic carbocycles. The second-order valence-electron chi connectivity index (χ2n) is 7.61. The Bertz CT molecular complexity index is 640. The molecular formula is C21H34F3IN4O. The lowest BCUT2D eigenvalue weighted by molar-refractivity contribution is -0.143. The van der Waals surface area contributed by atoms with Crippen LogP contribution in [0.2, 0.25) is 0 Å². The van der Waals surface area contributed by atoms with E-state index < -0.39 is 12.7 Å². The highest BCUT2D eigenvalue weighted by atomic mass is 127. The van der Waals surface area contributed by atoms with E-state index in [4.69, 9.17) is 4.74 Å². The number of aliphatic imine (C=N–C) groups is 1. The van der Waals surface area contributed by atoms with E-state index in [0.717, 1.165) is 37.6 Å². The third kappa shape index (κ3) is 9.72. The Balaban J connectivity index is 0.00000450. The summed E-state index contributed by atoms with van der Waals surface area (Å²) in [4.78, 5) is 6.06. The summed E-state index contributed by atoms with van der Waals surface area (Å²) in [7, 11) is 1.66. The van der Waals surface area contributed by atoms with E-state index in [1.807, 2.05) is 19.1 Å². The first-order valence-electron chi connectivity index (χ1n) is 10.3. The van der Waals surface area contributed by atoms with E-state index in [9.17, 15) is 13.2 Å². The van der Waals surface area contributed by atoms with Crippen LogP contribution in [0.4, 0.5) is 13.2 Å². The Morgan fingerprint density at radius 1 is 1.27 bits per heavy atom. The molecule has 0 radical (unpaired) electrons. The van der Waals surface area contributed by atoms with Crippen LogP contribution in [0.15, 0.2) is 29.3 Å². The minimum atomic E-state index is -4.13.